The van der Waals surface area contributed by atoms with Crippen LogP contribution in [-0.2, 0) is 14.8 Å². The molecule has 42 heavy (non-hydrogen) atoms. The predicted molar refractivity (Wildman–Crippen MR) is 165 cm³/mol. The maximum Gasteiger partial charge on any atom is 0.268 e. The number of likely N-dealkylation sites (tertiary alicyclic amines) is 1. The molecule has 224 valence electrons. The molecule has 0 saturated carbocycles. The van der Waals surface area contributed by atoms with Crippen molar-refractivity contribution in [3.05, 3.63) is 65.4 Å². The van der Waals surface area contributed by atoms with E-state index in [1.165, 1.54) is 0 Å². The number of aromatic amines is 1. The third kappa shape index (κ3) is 6.70. The molecule has 1 fully saturated rings. The van der Waals surface area contributed by atoms with E-state index in [2.05, 4.69) is 20.9 Å². The molecule has 10 heteroatoms. The van der Waals surface area contributed by atoms with Crippen molar-refractivity contribution in [3.8, 4) is 12.3 Å². The SMILES string of the molecule is C#CCN(CCNS(=O)(=O)c1cc(C)ccc1C)[C@@H]1CN(C(=O)[C@@H](NC(=O)c2cc3ccccc3[nH]2)C(C)(C)C)[C@H]1C. The van der Waals surface area contributed by atoms with Crippen LogP contribution in [0.1, 0.15) is 49.3 Å². The lowest BCUT2D eigenvalue weighted by Crippen LogP contribution is -2.70. The zero-order chi connectivity index (χ0) is 30.8. The van der Waals surface area contributed by atoms with Crippen molar-refractivity contribution in [2.24, 2.45) is 5.41 Å². The molecule has 3 aromatic rings. The van der Waals surface area contributed by atoms with Gasteiger partial charge in [-0.3, -0.25) is 14.5 Å². The van der Waals surface area contributed by atoms with Gasteiger partial charge >= 0.3 is 0 Å². The second-order valence-electron chi connectivity index (χ2n) is 12.2. The Hall–Kier alpha value is -3.65. The fraction of sp³-hybridized carbons (Fsp3) is 0.438. The second-order valence-corrected chi connectivity index (χ2v) is 13.9. The first-order valence-corrected chi connectivity index (χ1v) is 15.6. The number of carbonyl (C=O) groups excluding carboxylic acids is 2. The number of hydrogen-bond acceptors (Lipinski definition) is 5. The summed E-state index contributed by atoms with van der Waals surface area (Å²) >= 11 is 0. The van der Waals surface area contributed by atoms with Crippen molar-refractivity contribution in [2.45, 2.75) is 64.6 Å². The molecule has 9 nitrogen and oxygen atoms in total. The molecule has 3 N–H and O–H groups in total. The van der Waals surface area contributed by atoms with E-state index in [4.69, 9.17) is 6.42 Å². The monoisotopic (exact) mass is 591 g/mol. The quantitative estimate of drug-likeness (QED) is 0.313. The first-order chi connectivity index (χ1) is 19.7. The van der Waals surface area contributed by atoms with Crippen LogP contribution < -0.4 is 10.0 Å². The van der Waals surface area contributed by atoms with Crippen molar-refractivity contribution in [1.82, 2.24) is 24.8 Å². The summed E-state index contributed by atoms with van der Waals surface area (Å²) < 4.78 is 28.6. The Bertz CT molecular complexity index is 1580. The number of nitrogens with zero attached hydrogens (tertiary/aromatic N) is 2. The third-order valence-electron chi connectivity index (χ3n) is 7.97. The van der Waals surface area contributed by atoms with Crippen molar-refractivity contribution in [2.75, 3.05) is 26.2 Å². The van der Waals surface area contributed by atoms with Gasteiger partial charge in [0.05, 0.1) is 11.4 Å². The minimum Gasteiger partial charge on any atom is -0.351 e. The number of terminal acetylenes is 1. The van der Waals surface area contributed by atoms with Gasteiger partial charge in [-0.1, -0.05) is 57.0 Å². The lowest BCUT2D eigenvalue weighted by Gasteiger charge is -2.52. The summed E-state index contributed by atoms with van der Waals surface area (Å²) in [6.07, 6.45) is 5.65. The smallest absolute Gasteiger partial charge is 0.268 e. The van der Waals surface area contributed by atoms with Gasteiger partial charge in [0.1, 0.15) is 11.7 Å². The van der Waals surface area contributed by atoms with E-state index in [-0.39, 0.29) is 35.3 Å². The van der Waals surface area contributed by atoms with E-state index in [1.54, 1.807) is 30.0 Å². The predicted octanol–water partition coefficient (Wildman–Crippen LogP) is 3.44. The molecular weight excluding hydrogens is 550 g/mol. The van der Waals surface area contributed by atoms with Gasteiger partial charge < -0.3 is 15.2 Å². The Kier molecular flexibility index (Phi) is 9.16. The lowest BCUT2D eigenvalue weighted by molar-refractivity contribution is -0.149. The van der Waals surface area contributed by atoms with Gasteiger partial charge in [-0.25, -0.2) is 13.1 Å². The fourth-order valence-corrected chi connectivity index (χ4v) is 6.75. The van der Waals surface area contributed by atoms with Gasteiger partial charge in [-0.05, 0) is 55.5 Å². The molecule has 0 radical (unpaired) electrons. The van der Waals surface area contributed by atoms with Crippen LogP contribution in [0.25, 0.3) is 10.9 Å². The number of nitrogens with one attached hydrogen (secondary N) is 3. The van der Waals surface area contributed by atoms with Crippen LogP contribution in [0.3, 0.4) is 0 Å². The van der Waals surface area contributed by atoms with Crippen molar-refractivity contribution in [1.29, 1.82) is 0 Å². The number of carbonyl (C=O) groups is 2. The summed E-state index contributed by atoms with van der Waals surface area (Å²) in [5, 5.41) is 3.89. The highest BCUT2D eigenvalue weighted by Crippen LogP contribution is 2.29. The van der Waals surface area contributed by atoms with Gasteiger partial charge in [-0.15, -0.1) is 6.42 Å². The van der Waals surface area contributed by atoms with Gasteiger partial charge in [0, 0.05) is 42.6 Å². The molecule has 4 rings (SSSR count). The van der Waals surface area contributed by atoms with Crippen LogP contribution in [0.4, 0.5) is 0 Å². The summed E-state index contributed by atoms with van der Waals surface area (Å²) in [5.41, 5.74) is 2.27. The molecule has 2 heterocycles. The third-order valence-corrected chi connectivity index (χ3v) is 9.57. The zero-order valence-corrected chi connectivity index (χ0v) is 26.0. The van der Waals surface area contributed by atoms with Crippen molar-refractivity contribution >= 4 is 32.7 Å². The molecule has 1 aliphatic heterocycles. The Morgan fingerprint density at radius 2 is 1.88 bits per heavy atom. The van der Waals surface area contributed by atoms with E-state index in [9.17, 15) is 18.0 Å². The molecule has 1 aliphatic rings. The number of amides is 2. The number of aryl methyl sites for hydroxylation is 2. The standard InChI is InChI=1S/C32H41N5O4S/c1-8-16-36(17-15-33-42(40,41)28-18-21(2)13-14-22(28)3)27-20-37(23(27)4)31(39)29(32(5,6)7)35-30(38)26-19-24-11-9-10-12-25(24)34-26/h1,9-14,18-19,23,27,29,33-34H,15-17,20H2,2-7H3,(H,35,38)/t23-,27+,29+/m0/s1. The molecular formula is C32H41N5O4S. The Labute approximate surface area is 249 Å². The van der Waals surface area contributed by atoms with E-state index in [0.717, 1.165) is 16.5 Å². The molecule has 0 bridgehead atoms. The average molecular weight is 592 g/mol. The van der Waals surface area contributed by atoms with E-state index >= 15 is 0 Å². The molecule has 1 aromatic heterocycles. The zero-order valence-electron chi connectivity index (χ0n) is 25.2. The molecule has 0 aliphatic carbocycles. The van der Waals surface area contributed by atoms with Gasteiger partial charge in [0.25, 0.3) is 5.91 Å². The van der Waals surface area contributed by atoms with Crippen LogP contribution in [0.15, 0.2) is 53.4 Å². The molecule has 2 amide bonds. The second kappa shape index (κ2) is 12.3. The van der Waals surface area contributed by atoms with E-state index in [1.807, 2.05) is 69.9 Å². The summed E-state index contributed by atoms with van der Waals surface area (Å²) in [6.45, 7) is 12.7. The van der Waals surface area contributed by atoms with Gasteiger partial charge in [0.2, 0.25) is 15.9 Å². The van der Waals surface area contributed by atoms with Crippen molar-refractivity contribution in [3.63, 3.8) is 0 Å². The van der Waals surface area contributed by atoms with Crippen LogP contribution >= 0.6 is 0 Å². The molecule has 0 spiro atoms. The topological polar surface area (TPSA) is 115 Å². The fourth-order valence-electron chi connectivity index (χ4n) is 5.40. The van der Waals surface area contributed by atoms with E-state index in [0.29, 0.717) is 30.9 Å². The van der Waals surface area contributed by atoms with Crippen LogP contribution in [0.2, 0.25) is 0 Å². The molecule has 1 saturated heterocycles. The number of hydrogen-bond donors (Lipinski definition) is 3. The lowest BCUT2D eigenvalue weighted by atomic mass is 9.83. The first-order valence-electron chi connectivity index (χ1n) is 14.2. The largest absolute Gasteiger partial charge is 0.351 e. The normalized spacial score (nSPS) is 18.0. The summed E-state index contributed by atoms with van der Waals surface area (Å²) in [6, 6.07) is 13.8. The highest BCUT2D eigenvalue weighted by Gasteiger charge is 2.46. The number of benzene rings is 2. The highest BCUT2D eigenvalue weighted by molar-refractivity contribution is 7.89. The van der Waals surface area contributed by atoms with Gasteiger partial charge in [-0.2, -0.15) is 0 Å². The van der Waals surface area contributed by atoms with Crippen LogP contribution in [-0.4, -0.2) is 79.3 Å². The molecule has 3 atom stereocenters. The first kappa shape index (κ1) is 31.3. The Balaban J connectivity index is 1.40. The minimum absolute atomic E-state index is 0.0414. The summed E-state index contributed by atoms with van der Waals surface area (Å²) in [5.74, 6) is 2.17. The average Bonchev–Trinajstić information content (AvgIpc) is 3.36. The molecule has 2 aromatic carbocycles. The van der Waals surface area contributed by atoms with Gasteiger partial charge in [0.15, 0.2) is 0 Å². The van der Waals surface area contributed by atoms with Crippen LogP contribution in [0.5, 0.6) is 0 Å². The highest BCUT2D eigenvalue weighted by atomic mass is 32.2. The maximum absolute atomic E-state index is 13.8. The number of fused-ring (bicyclic) bond motifs is 1. The van der Waals surface area contributed by atoms with Crippen molar-refractivity contribution < 1.29 is 18.0 Å². The minimum atomic E-state index is -3.68. The maximum atomic E-state index is 13.8. The number of sulfonamides is 1. The molecule has 0 unspecified atom stereocenters. The Morgan fingerprint density at radius 3 is 2.52 bits per heavy atom. The summed E-state index contributed by atoms with van der Waals surface area (Å²) in [4.78, 5) is 34.1. The Morgan fingerprint density at radius 1 is 1.17 bits per heavy atom. The van der Waals surface area contributed by atoms with Crippen LogP contribution in [0, 0.1) is 31.6 Å². The number of H-pyrrole nitrogens is 1. The summed E-state index contributed by atoms with van der Waals surface area (Å²) in [7, 11) is -3.68. The number of rotatable bonds is 10. The van der Waals surface area contributed by atoms with E-state index < -0.39 is 21.5 Å². The number of aromatic nitrogens is 1. The number of para-hydroxylation sites is 1.